The molecule has 0 radical (unpaired) electrons. The Morgan fingerprint density at radius 1 is 1.05 bits per heavy atom. The Bertz CT molecular complexity index is 2040. The molecule has 6 rings (SSSR count). The summed E-state index contributed by atoms with van der Waals surface area (Å²) in [5.41, 5.74) is 4.74. The molecule has 10 nitrogen and oxygen atoms in total. The number of aliphatic hydroxyl groups is 1. The van der Waals surface area contributed by atoms with Gasteiger partial charge in [0.1, 0.15) is 5.75 Å². The number of aryl methyl sites for hydroxylation is 1. The number of anilines is 2. The summed E-state index contributed by atoms with van der Waals surface area (Å²) in [4.78, 5) is 30.5. The Hall–Kier alpha value is -4.84. The number of rotatable bonds is 15. The molecule has 2 amide bonds. The van der Waals surface area contributed by atoms with Crippen molar-refractivity contribution in [2.75, 3.05) is 30.5 Å². The largest absolute Gasteiger partial charge is 0.497 e. The maximum Gasteiger partial charge on any atom is 0.264 e. The molecule has 3 heterocycles. The van der Waals surface area contributed by atoms with Crippen molar-refractivity contribution in [3.05, 3.63) is 119 Å². The van der Waals surface area contributed by atoms with E-state index in [2.05, 4.69) is 80.7 Å². The van der Waals surface area contributed by atoms with E-state index < -0.39 is 13.7 Å². The summed E-state index contributed by atoms with van der Waals surface area (Å²) in [6, 6.07) is 23.3. The van der Waals surface area contributed by atoms with Gasteiger partial charge in [-0.05, 0) is 88.0 Å². The number of nitrogens with zero attached hydrogens (tertiary/aromatic N) is 4. The number of carbonyl (C=O) groups is 2. The average Bonchev–Trinajstić information content (AvgIpc) is 3.82. The van der Waals surface area contributed by atoms with E-state index in [1.807, 2.05) is 59.6 Å². The average molecular weight is 762 g/mol. The molecular weight excluding hydrogens is 707 g/mol. The zero-order chi connectivity index (χ0) is 39.3. The molecule has 4 atom stereocenters. The number of hydrogen-bond donors (Lipinski definition) is 2. The van der Waals surface area contributed by atoms with Crippen LogP contribution in [-0.2, 0) is 28.1 Å². The van der Waals surface area contributed by atoms with E-state index in [4.69, 9.17) is 9.47 Å². The fourth-order valence-electron chi connectivity index (χ4n) is 8.51. The Kier molecular flexibility index (Phi) is 12.2. The summed E-state index contributed by atoms with van der Waals surface area (Å²) >= 11 is 0. The molecule has 2 aliphatic rings. The van der Waals surface area contributed by atoms with Crippen LogP contribution in [0.2, 0.25) is 18.6 Å². The highest BCUT2D eigenvalue weighted by Gasteiger charge is 2.66. The molecular formula is C44H55N5O5Si. The van der Waals surface area contributed by atoms with Gasteiger partial charge in [0.05, 0.1) is 32.7 Å². The standard InChI is InChI=1S/C44H55N5O5Si/c1-30(2)12-11-13-31(3)22-26-49-39-21-16-34(45-42(51)33-14-9-8-10-15-33)28-38(39)44(43(49)52)32(4)41(55(6,7)37-19-17-36(53-5)18-20-37)40(54-44)23-25-48-29-35(24-27-50)46-47-48/h8-10,12,14-22,28-29,32,40-41,50H,11,13,23-27H2,1-7H3,(H,45,51)/b31-22+/t32-,40+,41-,44+/m1/s1. The third-order valence-electron chi connectivity index (χ3n) is 11.4. The van der Waals surface area contributed by atoms with Crippen LogP contribution in [0.25, 0.3) is 0 Å². The quantitative estimate of drug-likeness (QED) is 0.0957. The second kappa shape index (κ2) is 16.9. The van der Waals surface area contributed by atoms with E-state index in [-0.39, 0.29) is 36.0 Å². The van der Waals surface area contributed by atoms with Gasteiger partial charge in [0.25, 0.3) is 11.8 Å². The highest BCUT2D eigenvalue weighted by Crippen LogP contribution is 2.60. The predicted octanol–water partition coefficient (Wildman–Crippen LogP) is 7.42. The van der Waals surface area contributed by atoms with Gasteiger partial charge in [-0.25, -0.2) is 0 Å². The lowest BCUT2D eigenvalue weighted by Crippen LogP contribution is -2.52. The van der Waals surface area contributed by atoms with Gasteiger partial charge in [-0.3, -0.25) is 14.3 Å². The molecule has 2 aliphatic heterocycles. The first-order chi connectivity index (χ1) is 26.4. The molecule has 1 aromatic heterocycles. The maximum atomic E-state index is 15.3. The molecule has 0 unspecified atom stereocenters. The molecule has 0 saturated carbocycles. The van der Waals surface area contributed by atoms with Crippen molar-refractivity contribution in [1.29, 1.82) is 0 Å². The fourth-order valence-corrected chi connectivity index (χ4v) is 12.6. The lowest BCUT2D eigenvalue weighted by molar-refractivity contribution is -0.145. The van der Waals surface area contributed by atoms with Crippen LogP contribution < -0.4 is 20.1 Å². The van der Waals surface area contributed by atoms with E-state index in [0.717, 1.165) is 35.5 Å². The van der Waals surface area contributed by atoms with E-state index in [1.54, 1.807) is 23.9 Å². The molecule has 4 aromatic rings. The number of hydrogen-bond acceptors (Lipinski definition) is 7. The van der Waals surface area contributed by atoms with Gasteiger partial charge < -0.3 is 24.8 Å². The Morgan fingerprint density at radius 2 is 1.80 bits per heavy atom. The first kappa shape index (κ1) is 39.8. The number of amides is 2. The van der Waals surface area contributed by atoms with Crippen LogP contribution in [-0.4, -0.2) is 66.4 Å². The third kappa shape index (κ3) is 8.24. The lowest BCUT2D eigenvalue weighted by atomic mass is 9.82. The first-order valence-electron chi connectivity index (χ1n) is 19.3. The first-order valence-corrected chi connectivity index (χ1v) is 22.4. The topological polar surface area (TPSA) is 119 Å². The minimum absolute atomic E-state index is 0.00414. The predicted molar refractivity (Wildman–Crippen MR) is 221 cm³/mol. The molecule has 11 heteroatoms. The maximum absolute atomic E-state index is 15.3. The van der Waals surface area contributed by atoms with Crippen LogP contribution in [0.3, 0.4) is 0 Å². The second-order valence-electron chi connectivity index (χ2n) is 15.7. The van der Waals surface area contributed by atoms with Gasteiger partial charge in [0.2, 0.25) is 0 Å². The van der Waals surface area contributed by atoms with Gasteiger partial charge in [-0.2, -0.15) is 0 Å². The van der Waals surface area contributed by atoms with E-state index in [9.17, 15) is 9.90 Å². The number of aliphatic hydroxyl groups excluding tert-OH is 1. The minimum atomic E-state index is -2.38. The number of carbonyl (C=O) groups excluding carboxylic acids is 2. The zero-order valence-electron chi connectivity index (χ0n) is 33.2. The van der Waals surface area contributed by atoms with E-state index >= 15 is 4.79 Å². The summed E-state index contributed by atoms with van der Waals surface area (Å²) in [6.45, 7) is 14.2. The normalized spacial score (nSPS) is 20.9. The van der Waals surface area contributed by atoms with E-state index in [0.29, 0.717) is 37.2 Å². The summed E-state index contributed by atoms with van der Waals surface area (Å²) < 4.78 is 14.7. The third-order valence-corrected chi connectivity index (χ3v) is 15.8. The molecule has 290 valence electrons. The molecule has 1 spiro atoms. The molecule has 0 aliphatic carbocycles. The van der Waals surface area contributed by atoms with E-state index in [1.165, 1.54) is 16.3 Å². The SMILES string of the molecule is COc1ccc([Si](C)(C)[C@H]2[C@H](CCn3cc(CCO)nn3)O[C@@]3(C(=O)N(C/C=C(\C)CCC=C(C)C)c4ccc(NC(=O)c5ccccc5)cc43)[C@@H]2C)cc1. The smallest absolute Gasteiger partial charge is 0.264 e. The number of nitrogens with one attached hydrogen (secondary N) is 1. The van der Waals surface area contributed by atoms with Crippen molar-refractivity contribution in [2.24, 2.45) is 5.92 Å². The van der Waals surface area contributed by atoms with Crippen molar-refractivity contribution in [3.8, 4) is 5.75 Å². The molecule has 55 heavy (non-hydrogen) atoms. The number of allylic oxidation sites excluding steroid dienone is 3. The summed E-state index contributed by atoms with van der Waals surface area (Å²) in [5, 5.41) is 22.4. The number of methoxy groups -OCH3 is 1. The lowest BCUT2D eigenvalue weighted by Gasteiger charge is -2.37. The number of ether oxygens (including phenoxy) is 2. The van der Waals surface area contributed by atoms with Crippen LogP contribution in [0.4, 0.5) is 11.4 Å². The van der Waals surface area contributed by atoms with Crippen molar-refractivity contribution < 1.29 is 24.2 Å². The van der Waals surface area contributed by atoms with Crippen LogP contribution in [0, 0.1) is 5.92 Å². The van der Waals surface area contributed by atoms with Gasteiger partial charge >= 0.3 is 0 Å². The monoisotopic (exact) mass is 761 g/mol. The van der Waals surface area contributed by atoms with Gasteiger partial charge in [0.15, 0.2) is 5.60 Å². The van der Waals surface area contributed by atoms with Crippen molar-refractivity contribution in [3.63, 3.8) is 0 Å². The van der Waals surface area contributed by atoms with Crippen LogP contribution >= 0.6 is 0 Å². The summed E-state index contributed by atoms with van der Waals surface area (Å²) in [6.07, 6.45) is 8.90. The van der Waals surface area contributed by atoms with Gasteiger partial charge in [-0.1, -0.05) is 84.0 Å². The van der Waals surface area contributed by atoms with Crippen molar-refractivity contribution >= 4 is 36.4 Å². The Morgan fingerprint density at radius 3 is 2.49 bits per heavy atom. The summed E-state index contributed by atoms with van der Waals surface area (Å²) in [5.74, 6) is 0.296. The number of aromatic nitrogens is 3. The van der Waals surface area contributed by atoms with Crippen molar-refractivity contribution in [1.82, 2.24) is 15.0 Å². The van der Waals surface area contributed by atoms with Crippen LogP contribution in [0.1, 0.15) is 68.6 Å². The Balaban J connectivity index is 1.42. The molecule has 0 bridgehead atoms. The Labute approximate surface area is 326 Å². The molecule has 1 saturated heterocycles. The van der Waals surface area contributed by atoms with Gasteiger partial charge in [-0.15, -0.1) is 5.10 Å². The fraction of sp³-hybridized carbons (Fsp3) is 0.409. The highest BCUT2D eigenvalue weighted by atomic mass is 28.3. The molecule has 3 aromatic carbocycles. The minimum Gasteiger partial charge on any atom is -0.497 e. The number of benzene rings is 3. The number of fused-ring (bicyclic) bond motifs is 2. The van der Waals surface area contributed by atoms with Gasteiger partial charge in [0, 0.05) is 55.0 Å². The molecule has 1 fully saturated rings. The zero-order valence-corrected chi connectivity index (χ0v) is 34.2. The summed E-state index contributed by atoms with van der Waals surface area (Å²) in [7, 11) is -0.709. The highest BCUT2D eigenvalue weighted by molar-refractivity contribution is 6.91. The van der Waals surface area contributed by atoms with Crippen LogP contribution in [0.15, 0.2) is 102 Å². The molecule has 2 N–H and O–H groups in total. The van der Waals surface area contributed by atoms with Crippen LogP contribution in [0.5, 0.6) is 5.75 Å². The second-order valence-corrected chi connectivity index (χ2v) is 20.4. The van der Waals surface area contributed by atoms with Crippen molar-refractivity contribution in [2.45, 2.75) is 90.3 Å².